The standard InChI is InChI=1S/C23H28ClFN2O3/c1-30-21-13-18(12-20(24)23(21)29)15-27-10-8-16(9-11-27)4-7-22(28)26-14-17-2-5-19(25)6-3-17/h2-3,5-6,12-13,16,29H,4,7-11,14-15H2,1H3,(H,26,28). The summed E-state index contributed by atoms with van der Waals surface area (Å²) in [6.07, 6.45) is 3.49. The summed E-state index contributed by atoms with van der Waals surface area (Å²) in [4.78, 5) is 14.5. The molecular formula is C23H28ClFN2O3. The first-order valence-corrected chi connectivity index (χ1v) is 10.6. The Bertz CT molecular complexity index is 852. The number of carbonyl (C=O) groups is 1. The van der Waals surface area contributed by atoms with Gasteiger partial charge >= 0.3 is 0 Å². The molecule has 0 aliphatic carbocycles. The highest BCUT2D eigenvalue weighted by atomic mass is 35.5. The van der Waals surface area contributed by atoms with Gasteiger partial charge in [-0.3, -0.25) is 9.69 Å². The Labute approximate surface area is 181 Å². The highest BCUT2D eigenvalue weighted by Crippen LogP contribution is 2.35. The number of hydrogen-bond acceptors (Lipinski definition) is 4. The van der Waals surface area contributed by atoms with Crippen LogP contribution in [0.3, 0.4) is 0 Å². The molecule has 0 saturated carbocycles. The summed E-state index contributed by atoms with van der Waals surface area (Å²) in [5.41, 5.74) is 1.90. The van der Waals surface area contributed by atoms with Crippen LogP contribution in [0.5, 0.6) is 11.5 Å². The van der Waals surface area contributed by atoms with Crippen molar-refractivity contribution < 1.29 is 19.0 Å². The van der Waals surface area contributed by atoms with Crippen molar-refractivity contribution in [3.63, 3.8) is 0 Å². The number of methoxy groups -OCH3 is 1. The minimum absolute atomic E-state index is 0.0284. The quantitative estimate of drug-likeness (QED) is 0.642. The first kappa shape index (κ1) is 22.4. The van der Waals surface area contributed by atoms with Gasteiger partial charge in [-0.1, -0.05) is 23.7 Å². The molecule has 1 fully saturated rings. The third-order valence-corrected chi connectivity index (χ3v) is 5.89. The molecule has 30 heavy (non-hydrogen) atoms. The Hall–Kier alpha value is -2.31. The van der Waals surface area contributed by atoms with Gasteiger partial charge in [0.1, 0.15) is 5.82 Å². The maximum absolute atomic E-state index is 12.9. The summed E-state index contributed by atoms with van der Waals surface area (Å²) in [5.74, 6) is 0.658. The highest BCUT2D eigenvalue weighted by molar-refractivity contribution is 6.32. The van der Waals surface area contributed by atoms with Gasteiger partial charge in [0.15, 0.2) is 11.5 Å². The van der Waals surface area contributed by atoms with Crippen molar-refractivity contribution in [3.05, 3.63) is 58.4 Å². The molecule has 1 aliphatic rings. The lowest BCUT2D eigenvalue weighted by Crippen LogP contribution is -2.33. The highest BCUT2D eigenvalue weighted by Gasteiger charge is 2.21. The van der Waals surface area contributed by atoms with Crippen LogP contribution in [0.25, 0.3) is 0 Å². The van der Waals surface area contributed by atoms with E-state index < -0.39 is 0 Å². The third kappa shape index (κ3) is 6.34. The van der Waals surface area contributed by atoms with Gasteiger partial charge < -0.3 is 15.2 Å². The zero-order valence-corrected chi connectivity index (χ0v) is 17.9. The topological polar surface area (TPSA) is 61.8 Å². The van der Waals surface area contributed by atoms with Gasteiger partial charge in [-0.15, -0.1) is 0 Å². The van der Waals surface area contributed by atoms with Crippen molar-refractivity contribution in [1.29, 1.82) is 0 Å². The molecule has 3 rings (SSSR count). The number of phenolic OH excluding ortho intramolecular Hbond substituents is 1. The fraction of sp³-hybridized carbons (Fsp3) is 0.435. The van der Waals surface area contributed by atoms with Crippen molar-refractivity contribution in [3.8, 4) is 11.5 Å². The number of nitrogens with zero attached hydrogens (tertiary/aromatic N) is 1. The van der Waals surface area contributed by atoms with Crippen molar-refractivity contribution >= 4 is 17.5 Å². The number of amides is 1. The van der Waals surface area contributed by atoms with Crippen LogP contribution >= 0.6 is 11.6 Å². The Morgan fingerprint density at radius 1 is 1.23 bits per heavy atom. The third-order valence-electron chi connectivity index (χ3n) is 5.60. The van der Waals surface area contributed by atoms with Gasteiger partial charge in [0.05, 0.1) is 12.1 Å². The summed E-state index contributed by atoms with van der Waals surface area (Å²) in [7, 11) is 1.51. The number of hydrogen-bond donors (Lipinski definition) is 2. The molecule has 1 heterocycles. The molecule has 1 aliphatic heterocycles. The molecule has 0 aromatic heterocycles. The number of nitrogens with one attached hydrogen (secondary N) is 1. The zero-order chi connectivity index (χ0) is 21.5. The van der Waals surface area contributed by atoms with E-state index in [1.54, 1.807) is 18.2 Å². The smallest absolute Gasteiger partial charge is 0.220 e. The normalized spacial score (nSPS) is 15.2. The lowest BCUT2D eigenvalue weighted by Gasteiger charge is -2.32. The minimum atomic E-state index is -0.274. The number of phenols is 1. The van der Waals surface area contributed by atoms with Crippen molar-refractivity contribution in [2.24, 2.45) is 5.92 Å². The van der Waals surface area contributed by atoms with Crippen LogP contribution in [0.1, 0.15) is 36.8 Å². The van der Waals surface area contributed by atoms with Crippen LogP contribution in [-0.4, -0.2) is 36.1 Å². The average Bonchev–Trinajstić information content (AvgIpc) is 2.75. The number of likely N-dealkylation sites (tertiary alicyclic amines) is 1. The molecule has 2 aromatic rings. The zero-order valence-electron chi connectivity index (χ0n) is 17.2. The summed E-state index contributed by atoms with van der Waals surface area (Å²) in [6, 6.07) is 9.76. The SMILES string of the molecule is COc1cc(CN2CCC(CCC(=O)NCc3ccc(F)cc3)CC2)cc(Cl)c1O. The van der Waals surface area contributed by atoms with Gasteiger partial charge in [0.25, 0.3) is 0 Å². The van der Waals surface area contributed by atoms with Crippen LogP contribution in [0.4, 0.5) is 4.39 Å². The number of ether oxygens (including phenoxy) is 1. The Morgan fingerprint density at radius 2 is 1.93 bits per heavy atom. The molecule has 0 radical (unpaired) electrons. The second-order valence-corrected chi connectivity index (χ2v) is 8.20. The molecule has 5 nitrogen and oxygen atoms in total. The van der Waals surface area contributed by atoms with Gasteiger partial charge in [-0.2, -0.15) is 0 Å². The number of benzene rings is 2. The average molecular weight is 435 g/mol. The van der Waals surface area contributed by atoms with E-state index in [0.29, 0.717) is 29.7 Å². The molecular weight excluding hydrogens is 407 g/mol. The summed E-state index contributed by atoms with van der Waals surface area (Å²) >= 11 is 6.08. The molecule has 2 aromatic carbocycles. The van der Waals surface area contributed by atoms with Crippen LogP contribution in [0, 0.1) is 11.7 Å². The van der Waals surface area contributed by atoms with Crippen molar-refractivity contribution in [1.82, 2.24) is 10.2 Å². The predicted octanol–water partition coefficient (Wildman–Crippen LogP) is 4.50. The monoisotopic (exact) mass is 434 g/mol. The van der Waals surface area contributed by atoms with Crippen LogP contribution in [-0.2, 0) is 17.9 Å². The maximum atomic E-state index is 12.9. The van der Waals surface area contributed by atoms with Gasteiger partial charge in [-0.05, 0) is 73.7 Å². The Morgan fingerprint density at radius 3 is 2.60 bits per heavy atom. The van der Waals surface area contributed by atoms with Gasteiger partial charge in [-0.25, -0.2) is 4.39 Å². The van der Waals surface area contributed by atoms with Gasteiger partial charge in [0, 0.05) is 19.5 Å². The summed E-state index contributed by atoms with van der Waals surface area (Å²) in [5, 5.41) is 13.1. The van der Waals surface area contributed by atoms with Crippen LogP contribution < -0.4 is 10.1 Å². The molecule has 0 atom stereocenters. The molecule has 162 valence electrons. The second-order valence-electron chi connectivity index (χ2n) is 7.79. The molecule has 7 heteroatoms. The minimum Gasteiger partial charge on any atom is -0.503 e. The van der Waals surface area contributed by atoms with Crippen LogP contribution in [0.15, 0.2) is 36.4 Å². The van der Waals surface area contributed by atoms with Crippen LogP contribution in [0.2, 0.25) is 5.02 Å². The molecule has 0 unspecified atom stereocenters. The van der Waals surface area contributed by atoms with E-state index in [0.717, 1.165) is 50.0 Å². The Kier molecular flexibility index (Phi) is 7.94. The van der Waals surface area contributed by atoms with E-state index in [-0.39, 0.29) is 17.5 Å². The molecule has 1 amide bonds. The lowest BCUT2D eigenvalue weighted by atomic mass is 9.92. The number of rotatable bonds is 8. The second kappa shape index (κ2) is 10.6. The largest absolute Gasteiger partial charge is 0.503 e. The molecule has 2 N–H and O–H groups in total. The number of aromatic hydroxyl groups is 1. The molecule has 0 bridgehead atoms. The number of halogens is 2. The maximum Gasteiger partial charge on any atom is 0.220 e. The Balaban J connectivity index is 1.38. The van der Waals surface area contributed by atoms with E-state index in [2.05, 4.69) is 10.2 Å². The summed E-state index contributed by atoms with van der Waals surface area (Å²) < 4.78 is 18.1. The van der Waals surface area contributed by atoms with Crippen molar-refractivity contribution in [2.75, 3.05) is 20.2 Å². The van der Waals surface area contributed by atoms with E-state index >= 15 is 0 Å². The van der Waals surface area contributed by atoms with Crippen molar-refractivity contribution in [2.45, 2.75) is 38.8 Å². The van der Waals surface area contributed by atoms with E-state index in [4.69, 9.17) is 16.3 Å². The first-order valence-electron chi connectivity index (χ1n) is 10.2. The first-order chi connectivity index (χ1) is 14.4. The number of carbonyl (C=O) groups excluding carboxylic acids is 1. The summed E-state index contributed by atoms with van der Waals surface area (Å²) in [6.45, 7) is 3.10. The predicted molar refractivity (Wildman–Crippen MR) is 115 cm³/mol. The molecule has 1 saturated heterocycles. The fourth-order valence-corrected chi connectivity index (χ4v) is 4.03. The van der Waals surface area contributed by atoms with Gasteiger partial charge in [0.2, 0.25) is 5.91 Å². The molecule has 0 spiro atoms. The van der Waals surface area contributed by atoms with E-state index in [9.17, 15) is 14.3 Å². The fourth-order valence-electron chi connectivity index (χ4n) is 3.79. The lowest BCUT2D eigenvalue weighted by molar-refractivity contribution is -0.121. The number of piperidine rings is 1. The van der Waals surface area contributed by atoms with E-state index in [1.807, 2.05) is 6.07 Å². The van der Waals surface area contributed by atoms with E-state index in [1.165, 1.54) is 19.2 Å².